The first-order valence-corrected chi connectivity index (χ1v) is 16.0. The summed E-state index contributed by atoms with van der Waals surface area (Å²) in [5, 5.41) is 14.0. The maximum atomic E-state index is 12.0. The Morgan fingerprint density at radius 2 is 1.40 bits per heavy atom. The zero-order valence-corrected chi connectivity index (χ0v) is 30.3. The smallest absolute Gasteiger partial charge is 0.217 e. The zero-order chi connectivity index (χ0) is 32.9. The van der Waals surface area contributed by atoms with Crippen LogP contribution < -0.4 is 4.74 Å². The molecule has 7 aromatic rings. The van der Waals surface area contributed by atoms with Gasteiger partial charge in [0.05, 0.1) is 22.6 Å². The molecule has 0 aliphatic carbocycles. The first-order valence-electron chi connectivity index (χ1n) is 16.0. The minimum atomic E-state index is -0.272. The second-order valence-corrected chi connectivity index (χ2v) is 14.1. The topological polar surface area (TPSA) is 60.2 Å². The third kappa shape index (κ3) is 6.27. The van der Waals surface area contributed by atoms with Gasteiger partial charge in [0.1, 0.15) is 11.4 Å². The van der Waals surface area contributed by atoms with Gasteiger partial charge in [-0.05, 0) is 57.9 Å². The summed E-state index contributed by atoms with van der Waals surface area (Å²) in [5.74, 6) is 1.31. The van der Waals surface area contributed by atoms with Crippen molar-refractivity contribution in [3.05, 3.63) is 132 Å². The molecule has 0 saturated carbocycles. The van der Waals surface area contributed by atoms with E-state index in [1.807, 2.05) is 72.8 Å². The molecule has 6 heteroatoms. The van der Waals surface area contributed by atoms with E-state index < -0.39 is 0 Å². The van der Waals surface area contributed by atoms with Crippen molar-refractivity contribution in [1.82, 2.24) is 14.5 Å². The van der Waals surface area contributed by atoms with E-state index in [0.717, 1.165) is 44.2 Å². The number of ether oxygens (including phenoxy) is 1. The van der Waals surface area contributed by atoms with Crippen molar-refractivity contribution in [3.8, 4) is 45.6 Å². The minimum absolute atomic E-state index is 0. The number of pyridine rings is 2. The SMILES string of the molecule is CC(C)(C)c1cc(-n2c3ccccc3c3ccc(-c4cc(-c5ccccc5)cc(Oc5[c-]cccc5)n4)nc32)c(O)c(C(C)(C)C)c1.[Pt]. The van der Waals surface area contributed by atoms with Crippen LogP contribution in [0.5, 0.6) is 17.4 Å². The van der Waals surface area contributed by atoms with E-state index >= 15 is 0 Å². The van der Waals surface area contributed by atoms with Crippen molar-refractivity contribution < 1.29 is 30.9 Å². The van der Waals surface area contributed by atoms with Crippen LogP contribution in [0.15, 0.2) is 115 Å². The molecule has 0 aliphatic heterocycles. The number of nitrogens with zero attached hydrogens (tertiary/aromatic N) is 3. The Morgan fingerprint density at radius 1 is 0.667 bits per heavy atom. The summed E-state index contributed by atoms with van der Waals surface area (Å²) in [6.45, 7) is 13.0. The van der Waals surface area contributed by atoms with Crippen LogP contribution in [0.4, 0.5) is 0 Å². The Hall–Kier alpha value is -4.73. The summed E-state index contributed by atoms with van der Waals surface area (Å²) in [7, 11) is 0. The molecule has 0 bridgehead atoms. The number of aromatic hydroxyl groups is 1. The van der Waals surface area contributed by atoms with Crippen molar-refractivity contribution in [2.75, 3.05) is 0 Å². The van der Waals surface area contributed by atoms with Crippen LogP contribution in [0.2, 0.25) is 0 Å². The van der Waals surface area contributed by atoms with Crippen LogP contribution in [0.1, 0.15) is 52.7 Å². The van der Waals surface area contributed by atoms with Crippen LogP contribution >= 0.6 is 0 Å². The molecule has 5 nitrogen and oxygen atoms in total. The predicted molar refractivity (Wildman–Crippen MR) is 192 cm³/mol. The molecule has 0 amide bonds. The number of rotatable bonds is 5. The largest absolute Gasteiger partial charge is 0.505 e. The van der Waals surface area contributed by atoms with E-state index in [-0.39, 0.29) is 37.6 Å². The van der Waals surface area contributed by atoms with E-state index in [0.29, 0.717) is 28.7 Å². The first kappa shape index (κ1) is 33.2. The second-order valence-electron chi connectivity index (χ2n) is 14.1. The molecule has 1 N–H and O–H groups in total. The number of phenols is 1. The summed E-state index contributed by atoms with van der Waals surface area (Å²) < 4.78 is 8.31. The van der Waals surface area contributed by atoms with Crippen LogP contribution in [0.25, 0.3) is 50.1 Å². The van der Waals surface area contributed by atoms with E-state index in [1.54, 1.807) is 0 Å². The van der Waals surface area contributed by atoms with Crippen molar-refractivity contribution in [3.63, 3.8) is 0 Å². The Bertz CT molecular complexity index is 2250. The molecule has 48 heavy (non-hydrogen) atoms. The molecule has 3 heterocycles. The van der Waals surface area contributed by atoms with Gasteiger partial charge in [-0.25, -0.2) is 9.97 Å². The molecule has 0 spiro atoms. The molecule has 244 valence electrons. The van der Waals surface area contributed by atoms with Crippen LogP contribution in [0.3, 0.4) is 0 Å². The Labute approximate surface area is 296 Å². The Kier molecular flexibility index (Phi) is 8.78. The summed E-state index contributed by atoms with van der Waals surface area (Å²) in [4.78, 5) is 10.2. The van der Waals surface area contributed by atoms with Gasteiger partial charge in [0.15, 0.2) is 0 Å². The fraction of sp³-hybridized carbons (Fsp3) is 0.190. The summed E-state index contributed by atoms with van der Waals surface area (Å²) in [6, 6.07) is 41.5. The fourth-order valence-electron chi connectivity index (χ4n) is 6.06. The van der Waals surface area contributed by atoms with Crippen molar-refractivity contribution in [2.45, 2.75) is 52.4 Å². The first-order chi connectivity index (χ1) is 22.5. The number of aromatic nitrogens is 3. The average molecular weight is 812 g/mol. The van der Waals surface area contributed by atoms with E-state index in [1.165, 1.54) is 0 Å². The number of phenolic OH excluding ortho intramolecular Hbond substituents is 1. The number of fused-ring (bicyclic) bond motifs is 3. The molecular formula is C42H38N3O2Pt-. The zero-order valence-electron chi connectivity index (χ0n) is 28.0. The van der Waals surface area contributed by atoms with Gasteiger partial charge in [-0.1, -0.05) is 96.1 Å². The van der Waals surface area contributed by atoms with Crippen LogP contribution in [-0.2, 0) is 31.9 Å². The van der Waals surface area contributed by atoms with E-state index in [4.69, 9.17) is 14.7 Å². The van der Waals surface area contributed by atoms with Crippen LogP contribution in [0, 0.1) is 6.07 Å². The summed E-state index contributed by atoms with van der Waals surface area (Å²) >= 11 is 0. The molecule has 0 radical (unpaired) electrons. The van der Waals surface area contributed by atoms with Gasteiger partial charge < -0.3 is 9.84 Å². The Morgan fingerprint density at radius 3 is 2.10 bits per heavy atom. The normalized spacial score (nSPS) is 11.9. The Balaban J connectivity index is 0.00000401. The van der Waals surface area contributed by atoms with Gasteiger partial charge in [-0.2, -0.15) is 18.2 Å². The molecule has 0 atom stereocenters. The van der Waals surface area contributed by atoms with Gasteiger partial charge in [0, 0.05) is 49.2 Å². The monoisotopic (exact) mass is 811 g/mol. The number of para-hydroxylation sites is 2. The van der Waals surface area contributed by atoms with E-state index in [9.17, 15) is 5.11 Å². The van der Waals surface area contributed by atoms with Gasteiger partial charge in [-0.15, -0.1) is 12.1 Å². The standard InChI is InChI=1S/C42H38N3O2.Pt/c1-41(2,3)29-25-33(42(4,5)6)39(46)37(26-29)45-36-20-14-13-19-31(36)32-21-22-34(44-40(32)45)35-23-28(27-15-9-7-10-16-27)24-38(43-35)47-30-17-11-8-12-18-30;/h7-17,19-26,46H,1-6H3;/q-1;. The van der Waals surface area contributed by atoms with Crippen molar-refractivity contribution in [2.24, 2.45) is 0 Å². The average Bonchev–Trinajstić information content (AvgIpc) is 3.38. The predicted octanol–water partition coefficient (Wildman–Crippen LogP) is 10.8. The van der Waals surface area contributed by atoms with E-state index in [2.05, 4.69) is 94.6 Å². The maximum Gasteiger partial charge on any atom is 0.217 e. The minimum Gasteiger partial charge on any atom is -0.505 e. The van der Waals surface area contributed by atoms with Crippen molar-refractivity contribution in [1.29, 1.82) is 0 Å². The van der Waals surface area contributed by atoms with Gasteiger partial charge in [-0.3, -0.25) is 4.57 Å². The molecule has 0 saturated heterocycles. The summed E-state index contributed by atoms with van der Waals surface area (Å²) in [5.41, 5.74) is 7.48. The quantitative estimate of drug-likeness (QED) is 0.176. The molecule has 0 unspecified atom stereocenters. The molecule has 7 rings (SSSR count). The van der Waals surface area contributed by atoms with Gasteiger partial charge >= 0.3 is 0 Å². The molecule has 0 fully saturated rings. The number of hydrogen-bond acceptors (Lipinski definition) is 4. The second kappa shape index (κ2) is 12.7. The summed E-state index contributed by atoms with van der Waals surface area (Å²) in [6.07, 6.45) is 0. The maximum absolute atomic E-state index is 12.0. The van der Waals surface area contributed by atoms with Gasteiger partial charge in [0.2, 0.25) is 5.88 Å². The third-order valence-electron chi connectivity index (χ3n) is 8.59. The van der Waals surface area contributed by atoms with Crippen molar-refractivity contribution >= 4 is 21.9 Å². The fourth-order valence-corrected chi connectivity index (χ4v) is 6.06. The third-order valence-corrected chi connectivity index (χ3v) is 8.59. The van der Waals surface area contributed by atoms with Gasteiger partial charge in [0.25, 0.3) is 0 Å². The number of benzene rings is 4. The number of hydrogen-bond donors (Lipinski definition) is 1. The molecule has 0 aliphatic rings. The van der Waals surface area contributed by atoms with Crippen LogP contribution in [-0.4, -0.2) is 19.6 Å². The molecule has 3 aromatic heterocycles. The molecular weight excluding hydrogens is 774 g/mol. The molecule has 4 aromatic carbocycles.